The highest BCUT2D eigenvalue weighted by molar-refractivity contribution is 7.09. The number of nitrogen functional groups attached to an aromatic ring is 1. The van der Waals surface area contributed by atoms with Crippen LogP contribution in [0.1, 0.15) is 10.7 Å². The monoisotopic (exact) mass is 290 g/mol. The van der Waals surface area contributed by atoms with Crippen LogP contribution >= 0.6 is 11.3 Å². The molecule has 0 aliphatic heterocycles. The topological polar surface area (TPSA) is 91.7 Å². The minimum Gasteiger partial charge on any atom is -0.479 e. The van der Waals surface area contributed by atoms with Crippen LogP contribution in [-0.4, -0.2) is 31.6 Å². The number of fused-ring (bicyclic) bond motifs is 1. The van der Waals surface area contributed by atoms with E-state index in [-0.39, 0.29) is 0 Å². The van der Waals surface area contributed by atoms with Crippen molar-refractivity contribution < 1.29 is 4.74 Å². The number of aryl methyl sites for hydroxylation is 3. The van der Waals surface area contributed by atoms with Crippen LogP contribution in [0.5, 0.6) is 5.88 Å². The molecule has 0 saturated carbocycles. The summed E-state index contributed by atoms with van der Waals surface area (Å²) < 4.78 is 7.03. The maximum atomic E-state index is 5.96. The van der Waals surface area contributed by atoms with Crippen molar-refractivity contribution in [2.24, 2.45) is 0 Å². The summed E-state index contributed by atoms with van der Waals surface area (Å²) in [7, 11) is 1.55. The van der Waals surface area contributed by atoms with Gasteiger partial charge in [-0.1, -0.05) is 0 Å². The number of nitrogens with two attached hydrogens (primary N) is 1. The van der Waals surface area contributed by atoms with Gasteiger partial charge in [0.05, 0.1) is 12.1 Å². The first-order valence-corrected chi connectivity index (χ1v) is 6.98. The molecule has 0 radical (unpaired) electrons. The van der Waals surface area contributed by atoms with Gasteiger partial charge in [-0.3, -0.25) is 4.57 Å². The number of hydrogen-bond donors (Lipinski definition) is 1. The van der Waals surface area contributed by atoms with Crippen LogP contribution in [0.2, 0.25) is 0 Å². The van der Waals surface area contributed by atoms with Gasteiger partial charge in [0, 0.05) is 24.0 Å². The van der Waals surface area contributed by atoms with Crippen LogP contribution < -0.4 is 10.5 Å². The molecule has 0 amide bonds. The van der Waals surface area contributed by atoms with E-state index in [0.717, 1.165) is 17.1 Å². The Labute approximate surface area is 119 Å². The summed E-state index contributed by atoms with van der Waals surface area (Å²) in [5.41, 5.74) is 8.27. The normalized spacial score (nSPS) is 11.1. The zero-order valence-electron chi connectivity index (χ0n) is 11.2. The second kappa shape index (κ2) is 5.04. The first-order valence-electron chi connectivity index (χ1n) is 6.10. The summed E-state index contributed by atoms with van der Waals surface area (Å²) >= 11 is 1.65. The number of aromatic nitrogens is 5. The molecule has 20 heavy (non-hydrogen) atoms. The van der Waals surface area contributed by atoms with Crippen molar-refractivity contribution in [3.8, 4) is 5.88 Å². The van der Waals surface area contributed by atoms with Gasteiger partial charge in [-0.15, -0.1) is 11.3 Å². The van der Waals surface area contributed by atoms with E-state index in [4.69, 9.17) is 10.5 Å². The van der Waals surface area contributed by atoms with E-state index in [9.17, 15) is 0 Å². The van der Waals surface area contributed by atoms with E-state index >= 15 is 0 Å². The quantitative estimate of drug-likeness (QED) is 0.781. The molecule has 0 aliphatic rings. The van der Waals surface area contributed by atoms with Gasteiger partial charge in [-0.2, -0.15) is 4.98 Å². The van der Waals surface area contributed by atoms with Gasteiger partial charge in [0.15, 0.2) is 11.2 Å². The minimum absolute atomic E-state index is 0.409. The van der Waals surface area contributed by atoms with Crippen molar-refractivity contribution >= 4 is 28.4 Å². The third-order valence-corrected chi connectivity index (χ3v) is 3.96. The Balaban J connectivity index is 1.93. The first-order chi connectivity index (χ1) is 9.69. The summed E-state index contributed by atoms with van der Waals surface area (Å²) in [4.78, 5) is 17.0. The van der Waals surface area contributed by atoms with Crippen molar-refractivity contribution in [3.05, 3.63) is 22.4 Å². The van der Waals surface area contributed by atoms with Gasteiger partial charge in [-0.05, 0) is 6.92 Å². The molecule has 0 spiro atoms. The maximum absolute atomic E-state index is 5.96. The van der Waals surface area contributed by atoms with Gasteiger partial charge in [0.2, 0.25) is 11.8 Å². The lowest BCUT2D eigenvalue weighted by molar-refractivity contribution is 0.401. The zero-order valence-corrected chi connectivity index (χ0v) is 12.0. The fraction of sp³-hybridized carbons (Fsp3) is 0.333. The highest BCUT2D eigenvalue weighted by atomic mass is 32.1. The molecule has 2 N–H and O–H groups in total. The average molecular weight is 290 g/mol. The zero-order chi connectivity index (χ0) is 14.1. The summed E-state index contributed by atoms with van der Waals surface area (Å²) in [5.74, 6) is 0.845. The minimum atomic E-state index is 0.409. The fourth-order valence-corrected chi connectivity index (χ4v) is 2.79. The smallest absolute Gasteiger partial charge is 0.245 e. The third-order valence-electron chi connectivity index (χ3n) is 2.94. The summed E-state index contributed by atoms with van der Waals surface area (Å²) in [6.07, 6.45) is 2.24. The summed E-state index contributed by atoms with van der Waals surface area (Å²) in [6, 6.07) is 0. The van der Waals surface area contributed by atoms with Crippen LogP contribution in [0.4, 0.5) is 5.95 Å². The SMILES string of the molecule is COc1ncnc2c1nc(N)n2CCc1nc(C)cs1. The highest BCUT2D eigenvalue weighted by Gasteiger charge is 2.14. The number of imidazole rings is 1. The lowest BCUT2D eigenvalue weighted by Crippen LogP contribution is -2.06. The van der Waals surface area contributed by atoms with Crippen LogP contribution in [-0.2, 0) is 13.0 Å². The fourth-order valence-electron chi connectivity index (χ4n) is 2.03. The Morgan fingerprint density at radius 3 is 2.90 bits per heavy atom. The number of nitrogens with zero attached hydrogens (tertiary/aromatic N) is 5. The van der Waals surface area contributed by atoms with Crippen molar-refractivity contribution in [1.82, 2.24) is 24.5 Å². The number of hydrogen-bond acceptors (Lipinski definition) is 7. The van der Waals surface area contributed by atoms with E-state index in [2.05, 4.69) is 19.9 Å². The van der Waals surface area contributed by atoms with Gasteiger partial charge in [0.25, 0.3) is 0 Å². The highest BCUT2D eigenvalue weighted by Crippen LogP contribution is 2.23. The Morgan fingerprint density at radius 2 is 2.20 bits per heavy atom. The second-order valence-electron chi connectivity index (χ2n) is 4.31. The molecule has 0 bridgehead atoms. The van der Waals surface area contributed by atoms with Crippen LogP contribution in [0.3, 0.4) is 0 Å². The third kappa shape index (κ3) is 2.18. The molecule has 7 nitrogen and oxygen atoms in total. The number of thiazole rings is 1. The largest absolute Gasteiger partial charge is 0.479 e. The molecule has 3 heterocycles. The van der Waals surface area contributed by atoms with Gasteiger partial charge in [-0.25, -0.2) is 15.0 Å². The molecule has 0 aliphatic carbocycles. The maximum Gasteiger partial charge on any atom is 0.245 e. The number of ether oxygens (including phenoxy) is 1. The van der Waals surface area contributed by atoms with Crippen LogP contribution in [0.25, 0.3) is 11.2 Å². The molecule has 3 aromatic heterocycles. The molecule has 0 unspecified atom stereocenters. The van der Waals surface area contributed by atoms with Gasteiger partial charge < -0.3 is 10.5 Å². The number of rotatable bonds is 4. The van der Waals surface area contributed by atoms with Crippen molar-refractivity contribution in [2.75, 3.05) is 12.8 Å². The first kappa shape index (κ1) is 12.8. The molecular weight excluding hydrogens is 276 g/mol. The molecule has 0 aromatic carbocycles. The lowest BCUT2D eigenvalue weighted by Gasteiger charge is -2.04. The molecule has 0 fully saturated rings. The van der Waals surface area contributed by atoms with E-state index < -0.39 is 0 Å². The molecule has 104 valence electrons. The van der Waals surface area contributed by atoms with E-state index in [1.165, 1.54) is 6.33 Å². The van der Waals surface area contributed by atoms with E-state index in [1.54, 1.807) is 18.4 Å². The Bertz CT molecular complexity index is 750. The van der Waals surface area contributed by atoms with Gasteiger partial charge >= 0.3 is 0 Å². The molecule has 8 heteroatoms. The van der Waals surface area contributed by atoms with E-state index in [1.807, 2.05) is 16.9 Å². The van der Waals surface area contributed by atoms with Crippen LogP contribution in [0, 0.1) is 6.92 Å². The van der Waals surface area contributed by atoms with Crippen LogP contribution in [0.15, 0.2) is 11.7 Å². The van der Waals surface area contributed by atoms with Crippen molar-refractivity contribution in [3.63, 3.8) is 0 Å². The molecule has 0 atom stereocenters. The number of methoxy groups -OCH3 is 1. The van der Waals surface area contributed by atoms with Gasteiger partial charge in [0.1, 0.15) is 6.33 Å². The molecule has 0 saturated heterocycles. The van der Waals surface area contributed by atoms with Crippen molar-refractivity contribution in [2.45, 2.75) is 19.9 Å². The van der Waals surface area contributed by atoms with Crippen molar-refractivity contribution in [1.29, 1.82) is 0 Å². The lowest BCUT2D eigenvalue weighted by atomic mass is 10.4. The van der Waals surface area contributed by atoms with E-state index in [0.29, 0.717) is 29.5 Å². The summed E-state index contributed by atoms with van der Waals surface area (Å²) in [5, 5.41) is 3.11. The predicted molar refractivity (Wildman–Crippen MR) is 76.8 cm³/mol. The molecule has 3 aromatic rings. The summed E-state index contributed by atoms with van der Waals surface area (Å²) in [6.45, 7) is 2.66. The Hall–Kier alpha value is -2.22. The average Bonchev–Trinajstić information content (AvgIpc) is 2.99. The molecule has 3 rings (SSSR count). The predicted octanol–water partition coefficient (Wildman–Crippen LogP) is 1.42. The Morgan fingerprint density at radius 1 is 1.35 bits per heavy atom. The number of anilines is 1. The second-order valence-corrected chi connectivity index (χ2v) is 5.25. The standard InChI is InChI=1S/C12H14N6OS/c1-7-5-20-8(16-7)3-4-18-10-9(17-12(18)13)11(19-2)15-6-14-10/h5-6H,3-4H2,1-2H3,(H2,13,17). The molecular formula is C12H14N6OS. The Kier molecular flexibility index (Phi) is 3.23.